The molecule has 1 heteroatoms. The molecule has 2 N–H and O–H groups in total. The van der Waals surface area contributed by atoms with Gasteiger partial charge in [-0.1, -0.05) is 13.8 Å². The lowest BCUT2D eigenvalue weighted by Crippen LogP contribution is -2.44. The molecule has 11 heavy (non-hydrogen) atoms. The highest BCUT2D eigenvalue weighted by Crippen LogP contribution is 2.52. The Bertz CT molecular complexity index is 164. The Labute approximate surface area is 69.4 Å². The van der Waals surface area contributed by atoms with Crippen LogP contribution in [0.2, 0.25) is 0 Å². The molecule has 1 nitrogen and oxygen atoms in total. The van der Waals surface area contributed by atoms with Gasteiger partial charge in [-0.25, -0.2) is 0 Å². The van der Waals surface area contributed by atoms with Crippen molar-refractivity contribution in [2.24, 2.45) is 23.5 Å². The number of hydrogen-bond donors (Lipinski definition) is 1. The van der Waals surface area contributed by atoms with Crippen molar-refractivity contribution in [2.45, 2.75) is 45.1 Å². The fourth-order valence-electron chi connectivity index (χ4n) is 3.28. The Kier molecular flexibility index (Phi) is 1.54. The average molecular weight is 153 g/mol. The smallest absolute Gasteiger partial charge is 0.0188 e. The van der Waals surface area contributed by atoms with Crippen LogP contribution in [0.1, 0.15) is 39.5 Å². The maximum absolute atomic E-state index is 6.35. The molecule has 0 spiro atoms. The Morgan fingerprint density at radius 2 is 2.18 bits per heavy atom. The molecular weight excluding hydrogens is 134 g/mol. The summed E-state index contributed by atoms with van der Waals surface area (Å²) >= 11 is 0. The van der Waals surface area contributed by atoms with Gasteiger partial charge in [-0.15, -0.1) is 0 Å². The summed E-state index contributed by atoms with van der Waals surface area (Å²) < 4.78 is 0. The summed E-state index contributed by atoms with van der Waals surface area (Å²) in [5.74, 6) is 2.60. The number of rotatable bonds is 1. The molecule has 0 aromatic rings. The number of fused-ring (bicyclic) bond motifs is 2. The van der Waals surface area contributed by atoms with Crippen LogP contribution in [-0.2, 0) is 0 Å². The summed E-state index contributed by atoms with van der Waals surface area (Å²) in [4.78, 5) is 0. The van der Waals surface area contributed by atoms with Gasteiger partial charge < -0.3 is 5.73 Å². The Balaban J connectivity index is 2.15. The van der Waals surface area contributed by atoms with E-state index in [2.05, 4.69) is 13.8 Å². The average Bonchev–Trinajstić information content (AvgIpc) is 2.41. The third-order valence-corrected chi connectivity index (χ3v) is 3.82. The van der Waals surface area contributed by atoms with Crippen molar-refractivity contribution in [1.29, 1.82) is 0 Å². The summed E-state index contributed by atoms with van der Waals surface area (Å²) in [6.07, 6.45) is 5.42. The fraction of sp³-hybridized carbons (Fsp3) is 1.00. The van der Waals surface area contributed by atoms with Crippen LogP contribution in [0.25, 0.3) is 0 Å². The van der Waals surface area contributed by atoms with Crippen molar-refractivity contribution >= 4 is 0 Å². The first kappa shape index (κ1) is 7.60. The first-order valence-corrected chi connectivity index (χ1v) is 4.91. The summed E-state index contributed by atoms with van der Waals surface area (Å²) in [5.41, 5.74) is 6.59. The van der Waals surface area contributed by atoms with Crippen molar-refractivity contribution in [3.8, 4) is 0 Å². The SMILES string of the molecule is CC(C)C1CC2CCC1(N)C2. The topological polar surface area (TPSA) is 26.0 Å². The number of nitrogens with two attached hydrogens (primary N) is 1. The number of hydrogen-bond acceptors (Lipinski definition) is 1. The molecule has 0 aromatic heterocycles. The van der Waals surface area contributed by atoms with Crippen molar-refractivity contribution in [1.82, 2.24) is 0 Å². The third kappa shape index (κ3) is 1.01. The molecule has 64 valence electrons. The molecule has 2 saturated carbocycles. The molecule has 2 rings (SSSR count). The van der Waals surface area contributed by atoms with Crippen molar-refractivity contribution in [2.75, 3.05) is 0 Å². The predicted molar refractivity (Wildman–Crippen MR) is 47.2 cm³/mol. The minimum absolute atomic E-state index is 0.249. The highest BCUT2D eigenvalue weighted by molar-refractivity contribution is 5.06. The minimum atomic E-state index is 0.249. The van der Waals surface area contributed by atoms with E-state index >= 15 is 0 Å². The van der Waals surface area contributed by atoms with Gasteiger partial charge in [0.2, 0.25) is 0 Å². The Hall–Kier alpha value is -0.0400. The summed E-state index contributed by atoms with van der Waals surface area (Å²) in [6, 6.07) is 0. The van der Waals surface area contributed by atoms with Gasteiger partial charge in [0.05, 0.1) is 0 Å². The van der Waals surface area contributed by atoms with Crippen LogP contribution in [0.4, 0.5) is 0 Å². The molecule has 0 aliphatic heterocycles. The normalized spacial score (nSPS) is 49.1. The van der Waals surface area contributed by atoms with Crippen LogP contribution < -0.4 is 5.73 Å². The van der Waals surface area contributed by atoms with Gasteiger partial charge >= 0.3 is 0 Å². The van der Waals surface area contributed by atoms with E-state index < -0.39 is 0 Å². The van der Waals surface area contributed by atoms with E-state index in [4.69, 9.17) is 5.73 Å². The zero-order chi connectivity index (χ0) is 8.06. The molecule has 0 radical (unpaired) electrons. The zero-order valence-corrected chi connectivity index (χ0v) is 7.64. The molecule has 3 unspecified atom stereocenters. The minimum Gasteiger partial charge on any atom is -0.325 e. The molecule has 3 atom stereocenters. The lowest BCUT2D eigenvalue weighted by atomic mass is 9.76. The molecule has 0 amide bonds. The summed E-state index contributed by atoms with van der Waals surface area (Å²) in [5, 5.41) is 0. The first-order chi connectivity index (χ1) is 5.12. The van der Waals surface area contributed by atoms with E-state index in [1.165, 1.54) is 25.7 Å². The monoisotopic (exact) mass is 153 g/mol. The second-order valence-electron chi connectivity index (χ2n) is 4.93. The lowest BCUT2D eigenvalue weighted by molar-refractivity contribution is 0.218. The maximum Gasteiger partial charge on any atom is 0.0188 e. The van der Waals surface area contributed by atoms with Gasteiger partial charge in [-0.3, -0.25) is 0 Å². The van der Waals surface area contributed by atoms with E-state index in [0.717, 1.165) is 17.8 Å². The molecular formula is C10H19N. The summed E-state index contributed by atoms with van der Waals surface area (Å²) in [7, 11) is 0. The molecule has 2 bridgehead atoms. The lowest BCUT2D eigenvalue weighted by Gasteiger charge is -2.34. The second kappa shape index (κ2) is 2.22. The molecule has 0 saturated heterocycles. The van der Waals surface area contributed by atoms with Crippen molar-refractivity contribution in [3.63, 3.8) is 0 Å². The van der Waals surface area contributed by atoms with E-state index in [9.17, 15) is 0 Å². The molecule has 2 aliphatic carbocycles. The first-order valence-electron chi connectivity index (χ1n) is 4.91. The molecule has 2 fully saturated rings. The Morgan fingerprint density at radius 3 is 2.45 bits per heavy atom. The van der Waals surface area contributed by atoms with E-state index in [-0.39, 0.29) is 5.54 Å². The van der Waals surface area contributed by atoms with Crippen LogP contribution in [0.15, 0.2) is 0 Å². The van der Waals surface area contributed by atoms with E-state index in [1.807, 2.05) is 0 Å². The molecule has 2 aliphatic rings. The zero-order valence-electron chi connectivity index (χ0n) is 7.64. The predicted octanol–water partition coefficient (Wildman–Crippen LogP) is 2.16. The van der Waals surface area contributed by atoms with Crippen molar-refractivity contribution in [3.05, 3.63) is 0 Å². The summed E-state index contributed by atoms with van der Waals surface area (Å²) in [6.45, 7) is 4.64. The van der Waals surface area contributed by atoms with Gasteiger partial charge in [0.1, 0.15) is 0 Å². The van der Waals surface area contributed by atoms with E-state index in [1.54, 1.807) is 0 Å². The highest BCUT2D eigenvalue weighted by atomic mass is 14.8. The van der Waals surface area contributed by atoms with Gasteiger partial charge in [0.25, 0.3) is 0 Å². The van der Waals surface area contributed by atoms with Gasteiger partial charge in [-0.2, -0.15) is 0 Å². The maximum atomic E-state index is 6.35. The van der Waals surface area contributed by atoms with Gasteiger partial charge in [-0.05, 0) is 43.4 Å². The molecule has 0 heterocycles. The van der Waals surface area contributed by atoms with Crippen LogP contribution >= 0.6 is 0 Å². The second-order valence-corrected chi connectivity index (χ2v) is 4.93. The quantitative estimate of drug-likeness (QED) is 0.614. The van der Waals surface area contributed by atoms with Crippen molar-refractivity contribution < 1.29 is 0 Å². The van der Waals surface area contributed by atoms with Crippen LogP contribution in [0.3, 0.4) is 0 Å². The van der Waals surface area contributed by atoms with E-state index in [0.29, 0.717) is 0 Å². The van der Waals surface area contributed by atoms with Crippen LogP contribution in [0, 0.1) is 17.8 Å². The van der Waals surface area contributed by atoms with Gasteiger partial charge in [0, 0.05) is 5.54 Å². The standard InChI is InChI=1S/C10H19N/c1-7(2)9-5-8-3-4-10(9,11)6-8/h7-9H,3-6,11H2,1-2H3. The highest BCUT2D eigenvalue weighted by Gasteiger charge is 2.49. The Morgan fingerprint density at radius 1 is 1.45 bits per heavy atom. The fourth-order valence-corrected chi connectivity index (χ4v) is 3.28. The van der Waals surface area contributed by atoms with Crippen LogP contribution in [-0.4, -0.2) is 5.54 Å². The molecule has 0 aromatic carbocycles. The third-order valence-electron chi connectivity index (χ3n) is 3.82. The van der Waals surface area contributed by atoms with Gasteiger partial charge in [0.15, 0.2) is 0 Å². The van der Waals surface area contributed by atoms with Crippen LogP contribution in [0.5, 0.6) is 0 Å². The largest absolute Gasteiger partial charge is 0.325 e.